The number of hydrogen-bond donors (Lipinski definition) is 1. The van der Waals surface area contributed by atoms with Gasteiger partial charge in [-0.15, -0.1) is 0 Å². The summed E-state index contributed by atoms with van der Waals surface area (Å²) in [6.07, 6.45) is 2.36. The van der Waals surface area contributed by atoms with Crippen LogP contribution in [0.25, 0.3) is 10.9 Å². The first-order valence-corrected chi connectivity index (χ1v) is 8.69. The van der Waals surface area contributed by atoms with E-state index in [1.54, 1.807) is 17.2 Å². The van der Waals surface area contributed by atoms with E-state index in [-0.39, 0.29) is 18.2 Å². The molecular weight excluding hydrogens is 326 g/mol. The van der Waals surface area contributed by atoms with Gasteiger partial charge in [0.25, 0.3) is 0 Å². The number of amides is 2. The first kappa shape index (κ1) is 16.3. The molecule has 4 rings (SSSR count). The second-order valence-electron chi connectivity index (χ2n) is 6.44. The molecule has 5 nitrogen and oxygen atoms in total. The Morgan fingerprint density at radius 2 is 1.81 bits per heavy atom. The minimum atomic E-state index is -0.313. The van der Waals surface area contributed by atoms with Gasteiger partial charge in [-0.05, 0) is 29.7 Å². The molecule has 2 heterocycles. The highest BCUT2D eigenvalue weighted by Gasteiger charge is 2.22. The van der Waals surface area contributed by atoms with Crippen LogP contribution >= 0.6 is 0 Å². The lowest BCUT2D eigenvalue weighted by molar-refractivity contribution is -0.135. The Balaban J connectivity index is 1.43. The van der Waals surface area contributed by atoms with Crippen LogP contribution < -0.4 is 5.32 Å². The number of rotatable bonds is 3. The zero-order valence-electron chi connectivity index (χ0n) is 14.3. The fourth-order valence-electron chi connectivity index (χ4n) is 3.36. The molecule has 0 radical (unpaired) electrons. The van der Waals surface area contributed by atoms with Crippen molar-refractivity contribution in [2.75, 3.05) is 11.9 Å². The highest BCUT2D eigenvalue weighted by Crippen LogP contribution is 2.22. The van der Waals surface area contributed by atoms with Crippen molar-refractivity contribution in [2.24, 2.45) is 0 Å². The molecule has 0 bridgehead atoms. The summed E-state index contributed by atoms with van der Waals surface area (Å²) >= 11 is 0. The minimum absolute atomic E-state index is 0.148. The van der Waals surface area contributed by atoms with Crippen LogP contribution in [0.5, 0.6) is 0 Å². The van der Waals surface area contributed by atoms with E-state index in [2.05, 4.69) is 16.4 Å². The average Bonchev–Trinajstić information content (AvgIpc) is 2.68. The maximum absolute atomic E-state index is 12.5. The molecule has 0 fully saturated rings. The van der Waals surface area contributed by atoms with Crippen LogP contribution in [0.1, 0.15) is 17.5 Å². The molecule has 2 aromatic carbocycles. The van der Waals surface area contributed by atoms with Gasteiger partial charge in [-0.25, -0.2) is 0 Å². The van der Waals surface area contributed by atoms with Crippen molar-refractivity contribution >= 4 is 28.4 Å². The number of fused-ring (bicyclic) bond motifs is 2. The van der Waals surface area contributed by atoms with Crippen molar-refractivity contribution in [3.8, 4) is 0 Å². The lowest BCUT2D eigenvalue weighted by Gasteiger charge is -2.28. The number of anilines is 1. The van der Waals surface area contributed by atoms with Gasteiger partial charge in [0, 0.05) is 24.7 Å². The third-order valence-electron chi connectivity index (χ3n) is 4.70. The van der Waals surface area contributed by atoms with Crippen molar-refractivity contribution in [1.29, 1.82) is 0 Å². The molecule has 3 aromatic rings. The number of para-hydroxylation sites is 1. The quantitative estimate of drug-likeness (QED) is 0.742. The maximum atomic E-state index is 12.5. The van der Waals surface area contributed by atoms with Gasteiger partial charge in [0.05, 0.1) is 11.2 Å². The van der Waals surface area contributed by atoms with E-state index in [1.165, 1.54) is 5.56 Å². The second-order valence-corrected chi connectivity index (χ2v) is 6.44. The van der Waals surface area contributed by atoms with E-state index in [1.807, 2.05) is 42.5 Å². The predicted molar refractivity (Wildman–Crippen MR) is 101 cm³/mol. The van der Waals surface area contributed by atoms with E-state index in [9.17, 15) is 9.59 Å². The summed E-state index contributed by atoms with van der Waals surface area (Å²) in [6, 6.07) is 17.5. The summed E-state index contributed by atoms with van der Waals surface area (Å²) < 4.78 is 0. The standard InChI is InChI=1S/C21H19N3O2/c25-19(23-18-9-3-7-16-8-4-11-22-21(16)18)13-20(26)24-12-10-15-5-1-2-6-17(15)14-24/h1-9,11H,10,12-14H2,(H,23,25). The predicted octanol–water partition coefficient (Wildman–Crippen LogP) is 3.15. The Hall–Kier alpha value is -3.21. The van der Waals surface area contributed by atoms with E-state index in [0.717, 1.165) is 22.9 Å². The topological polar surface area (TPSA) is 62.3 Å². The molecule has 0 atom stereocenters. The number of benzene rings is 2. The Morgan fingerprint density at radius 3 is 2.69 bits per heavy atom. The molecule has 1 N–H and O–H groups in total. The van der Waals surface area contributed by atoms with Crippen LogP contribution in [-0.2, 0) is 22.6 Å². The number of carbonyl (C=O) groups is 2. The molecule has 130 valence electrons. The lowest BCUT2D eigenvalue weighted by Crippen LogP contribution is -2.37. The van der Waals surface area contributed by atoms with E-state index in [0.29, 0.717) is 18.8 Å². The Bertz CT molecular complexity index is 978. The summed E-state index contributed by atoms with van der Waals surface area (Å²) in [5, 5.41) is 3.77. The molecule has 5 heteroatoms. The van der Waals surface area contributed by atoms with Crippen LogP contribution in [-0.4, -0.2) is 28.2 Å². The van der Waals surface area contributed by atoms with Gasteiger partial charge in [0.2, 0.25) is 11.8 Å². The molecule has 1 aliphatic rings. The number of nitrogens with zero attached hydrogens (tertiary/aromatic N) is 2. The van der Waals surface area contributed by atoms with Gasteiger partial charge < -0.3 is 10.2 Å². The SMILES string of the molecule is O=C(CC(=O)N1CCc2ccccc2C1)Nc1cccc2cccnc12. The average molecular weight is 345 g/mol. The number of carbonyl (C=O) groups excluding carboxylic acids is 2. The maximum Gasteiger partial charge on any atom is 0.233 e. The van der Waals surface area contributed by atoms with Crippen molar-refractivity contribution in [3.05, 3.63) is 71.9 Å². The smallest absolute Gasteiger partial charge is 0.233 e. The summed E-state index contributed by atoms with van der Waals surface area (Å²) in [6.45, 7) is 1.22. The van der Waals surface area contributed by atoms with Gasteiger partial charge in [0.1, 0.15) is 6.42 Å². The summed E-state index contributed by atoms with van der Waals surface area (Å²) in [4.78, 5) is 31.0. The molecule has 1 aromatic heterocycles. The fourth-order valence-corrected chi connectivity index (χ4v) is 3.36. The molecular formula is C21H19N3O2. The first-order valence-electron chi connectivity index (χ1n) is 8.69. The van der Waals surface area contributed by atoms with Crippen LogP contribution in [0.3, 0.4) is 0 Å². The summed E-state index contributed by atoms with van der Waals surface area (Å²) in [7, 11) is 0. The third kappa shape index (κ3) is 3.28. The third-order valence-corrected chi connectivity index (χ3v) is 4.70. The number of hydrogen-bond acceptors (Lipinski definition) is 3. The van der Waals surface area contributed by atoms with E-state index >= 15 is 0 Å². The monoisotopic (exact) mass is 345 g/mol. The Morgan fingerprint density at radius 1 is 1.00 bits per heavy atom. The van der Waals surface area contributed by atoms with Gasteiger partial charge >= 0.3 is 0 Å². The number of pyridine rings is 1. The Labute approximate surface area is 151 Å². The van der Waals surface area contributed by atoms with Crippen LogP contribution in [0.4, 0.5) is 5.69 Å². The van der Waals surface area contributed by atoms with Crippen molar-refractivity contribution < 1.29 is 9.59 Å². The molecule has 1 aliphatic heterocycles. The fraction of sp³-hybridized carbons (Fsp3) is 0.190. The van der Waals surface area contributed by atoms with Gasteiger partial charge in [-0.2, -0.15) is 0 Å². The molecule has 0 saturated carbocycles. The van der Waals surface area contributed by atoms with Crippen LogP contribution in [0.15, 0.2) is 60.8 Å². The highest BCUT2D eigenvalue weighted by atomic mass is 16.2. The normalized spacial score (nSPS) is 13.3. The zero-order valence-corrected chi connectivity index (χ0v) is 14.3. The van der Waals surface area contributed by atoms with Gasteiger partial charge in [-0.3, -0.25) is 14.6 Å². The van der Waals surface area contributed by atoms with Crippen molar-refractivity contribution in [1.82, 2.24) is 9.88 Å². The summed E-state index contributed by atoms with van der Waals surface area (Å²) in [5.41, 5.74) is 3.79. The number of aromatic nitrogens is 1. The van der Waals surface area contributed by atoms with Crippen LogP contribution in [0.2, 0.25) is 0 Å². The first-order chi connectivity index (χ1) is 12.7. The van der Waals surface area contributed by atoms with Gasteiger partial charge in [0.15, 0.2) is 0 Å². The largest absolute Gasteiger partial charge is 0.338 e. The van der Waals surface area contributed by atoms with Gasteiger partial charge in [-0.1, -0.05) is 42.5 Å². The molecule has 26 heavy (non-hydrogen) atoms. The zero-order chi connectivity index (χ0) is 17.9. The molecule has 0 saturated heterocycles. The summed E-state index contributed by atoms with van der Waals surface area (Å²) in [5.74, 6) is -0.461. The molecule has 2 amide bonds. The molecule has 0 spiro atoms. The highest BCUT2D eigenvalue weighted by molar-refractivity contribution is 6.07. The molecule has 0 aliphatic carbocycles. The van der Waals surface area contributed by atoms with E-state index < -0.39 is 0 Å². The lowest BCUT2D eigenvalue weighted by atomic mass is 10.00. The van der Waals surface area contributed by atoms with Crippen molar-refractivity contribution in [3.63, 3.8) is 0 Å². The number of nitrogens with one attached hydrogen (secondary N) is 1. The second kappa shape index (κ2) is 6.96. The van der Waals surface area contributed by atoms with E-state index in [4.69, 9.17) is 0 Å². The molecule has 0 unspecified atom stereocenters. The minimum Gasteiger partial charge on any atom is -0.338 e. The Kier molecular flexibility index (Phi) is 4.35. The van der Waals surface area contributed by atoms with Crippen LogP contribution in [0, 0.1) is 0 Å². The van der Waals surface area contributed by atoms with Crippen molar-refractivity contribution in [2.45, 2.75) is 19.4 Å².